The van der Waals surface area contributed by atoms with Crippen molar-refractivity contribution >= 4 is 28.0 Å². The molecule has 1 rings (SSSR count). The molecule has 0 radical (unpaired) electrons. The molecule has 0 spiro atoms. The van der Waals surface area contributed by atoms with Gasteiger partial charge in [-0.1, -0.05) is 40.2 Å². The summed E-state index contributed by atoms with van der Waals surface area (Å²) in [5.41, 5.74) is 0.791. The maximum absolute atomic E-state index is 12.5. The van der Waals surface area contributed by atoms with E-state index in [2.05, 4.69) is 21.2 Å². The smallest absolute Gasteiger partial charge is 0.408 e. The van der Waals surface area contributed by atoms with Gasteiger partial charge in [0.15, 0.2) is 0 Å². The summed E-state index contributed by atoms with van der Waals surface area (Å²) in [5.74, 6) is -0.483. The molecule has 0 aliphatic carbocycles. The Morgan fingerprint density at radius 3 is 1.88 bits per heavy atom. The van der Waals surface area contributed by atoms with Crippen LogP contribution in [0.2, 0.25) is 0 Å². The Morgan fingerprint density at radius 2 is 1.44 bits per heavy atom. The summed E-state index contributed by atoms with van der Waals surface area (Å²) in [6.45, 7) is 10.7. The lowest BCUT2D eigenvalue weighted by Crippen LogP contribution is -2.47. The number of amides is 1. The molecule has 1 N–H and O–H groups in total. The average molecular weight is 414 g/mol. The topological polar surface area (TPSA) is 64.6 Å². The molecule has 0 fully saturated rings. The summed E-state index contributed by atoms with van der Waals surface area (Å²) < 4.78 is 10.7. The number of ether oxygens (including phenoxy) is 2. The normalized spacial score (nSPS) is 13.1. The van der Waals surface area contributed by atoms with Crippen LogP contribution < -0.4 is 5.32 Å². The van der Waals surface area contributed by atoms with E-state index < -0.39 is 29.3 Å². The van der Waals surface area contributed by atoms with Crippen LogP contribution in [0.15, 0.2) is 24.3 Å². The van der Waals surface area contributed by atoms with Gasteiger partial charge in [0.05, 0.1) is 0 Å². The summed E-state index contributed by atoms with van der Waals surface area (Å²) in [6.07, 6.45) is -0.308. The van der Waals surface area contributed by atoms with Crippen molar-refractivity contribution in [2.45, 2.75) is 70.5 Å². The van der Waals surface area contributed by atoms with Gasteiger partial charge in [-0.3, -0.25) is 0 Å². The Morgan fingerprint density at radius 1 is 0.960 bits per heavy atom. The number of hydrogen-bond donors (Lipinski definition) is 1. The Hall–Kier alpha value is -1.56. The average Bonchev–Trinajstić information content (AvgIpc) is 2.43. The Kier molecular flexibility index (Phi) is 7.47. The highest BCUT2D eigenvalue weighted by molar-refractivity contribution is 9.08. The largest absolute Gasteiger partial charge is 0.458 e. The molecular formula is C19H28BrNO4. The zero-order valence-corrected chi connectivity index (χ0v) is 17.4. The maximum Gasteiger partial charge on any atom is 0.408 e. The van der Waals surface area contributed by atoms with Crippen LogP contribution in [0.25, 0.3) is 0 Å². The summed E-state index contributed by atoms with van der Waals surface area (Å²) in [6, 6.07) is 7.01. The lowest BCUT2D eigenvalue weighted by molar-refractivity contribution is -0.157. The van der Waals surface area contributed by atoms with E-state index in [4.69, 9.17) is 9.47 Å². The van der Waals surface area contributed by atoms with E-state index in [0.717, 1.165) is 16.5 Å². The fourth-order valence-electron chi connectivity index (χ4n) is 2.02. The first kappa shape index (κ1) is 21.5. The molecule has 0 bridgehead atoms. The number of esters is 1. The van der Waals surface area contributed by atoms with Crippen molar-refractivity contribution in [3.05, 3.63) is 35.4 Å². The second-order valence-corrected chi connectivity index (χ2v) is 8.45. The van der Waals surface area contributed by atoms with Crippen LogP contribution in [0.4, 0.5) is 4.79 Å². The molecule has 6 heteroatoms. The molecule has 5 nitrogen and oxygen atoms in total. The van der Waals surface area contributed by atoms with Gasteiger partial charge in [-0.05, 0) is 52.7 Å². The van der Waals surface area contributed by atoms with E-state index >= 15 is 0 Å². The SMILES string of the molecule is CC(C)(C)OC(=O)N[C@H](Cc1ccc(CBr)cc1)C(=O)OC(C)(C)C. The minimum atomic E-state index is -0.816. The van der Waals surface area contributed by atoms with Gasteiger partial charge in [-0.25, -0.2) is 9.59 Å². The molecule has 0 heterocycles. The van der Waals surface area contributed by atoms with Crippen molar-refractivity contribution in [1.82, 2.24) is 5.32 Å². The summed E-state index contributed by atoms with van der Waals surface area (Å²) in [5, 5.41) is 3.39. The molecule has 1 amide bonds. The van der Waals surface area contributed by atoms with Crippen LogP contribution in [-0.4, -0.2) is 29.3 Å². The molecular weight excluding hydrogens is 386 g/mol. The number of carbonyl (C=O) groups excluding carboxylic acids is 2. The van der Waals surface area contributed by atoms with Crippen molar-refractivity contribution in [3.63, 3.8) is 0 Å². The van der Waals surface area contributed by atoms with E-state index in [1.54, 1.807) is 41.5 Å². The lowest BCUT2D eigenvalue weighted by atomic mass is 10.0. The van der Waals surface area contributed by atoms with Crippen LogP contribution >= 0.6 is 15.9 Å². The van der Waals surface area contributed by atoms with E-state index in [1.807, 2.05) is 24.3 Å². The first-order chi connectivity index (χ1) is 11.4. The van der Waals surface area contributed by atoms with Gasteiger partial charge in [0.2, 0.25) is 0 Å². The standard InChI is InChI=1S/C19H28BrNO4/c1-18(2,3)24-16(22)15(21-17(23)25-19(4,5)6)11-13-7-9-14(12-20)10-8-13/h7-10,15H,11-12H2,1-6H3,(H,21,23)/t15-/m1/s1. The monoisotopic (exact) mass is 413 g/mol. The predicted molar refractivity (Wildman–Crippen MR) is 102 cm³/mol. The Labute approximate surface area is 158 Å². The molecule has 0 saturated heterocycles. The number of carbonyl (C=O) groups is 2. The van der Waals surface area contributed by atoms with Crippen LogP contribution in [-0.2, 0) is 26.0 Å². The van der Waals surface area contributed by atoms with Gasteiger partial charge in [0.25, 0.3) is 0 Å². The van der Waals surface area contributed by atoms with Crippen molar-refractivity contribution in [2.24, 2.45) is 0 Å². The number of rotatable bonds is 5. The number of alkyl carbamates (subject to hydrolysis) is 1. The molecule has 0 saturated carbocycles. The van der Waals surface area contributed by atoms with Gasteiger partial charge in [-0.15, -0.1) is 0 Å². The van der Waals surface area contributed by atoms with Crippen molar-refractivity contribution in [2.75, 3.05) is 0 Å². The second kappa shape index (κ2) is 8.70. The van der Waals surface area contributed by atoms with Crippen molar-refractivity contribution in [3.8, 4) is 0 Å². The predicted octanol–water partition coefficient (Wildman–Crippen LogP) is 4.36. The quantitative estimate of drug-likeness (QED) is 0.575. The molecule has 140 valence electrons. The summed E-state index contributed by atoms with van der Waals surface area (Å²) in [4.78, 5) is 24.6. The fraction of sp³-hybridized carbons (Fsp3) is 0.579. The van der Waals surface area contributed by atoms with Gasteiger partial charge < -0.3 is 14.8 Å². The zero-order valence-electron chi connectivity index (χ0n) is 15.8. The van der Waals surface area contributed by atoms with Gasteiger partial charge in [0.1, 0.15) is 17.2 Å². The van der Waals surface area contributed by atoms with E-state index in [-0.39, 0.29) is 0 Å². The van der Waals surface area contributed by atoms with E-state index in [0.29, 0.717) is 6.42 Å². The van der Waals surface area contributed by atoms with E-state index in [1.165, 1.54) is 0 Å². The highest BCUT2D eigenvalue weighted by atomic mass is 79.9. The highest BCUT2D eigenvalue weighted by Gasteiger charge is 2.28. The van der Waals surface area contributed by atoms with Crippen LogP contribution in [0, 0.1) is 0 Å². The van der Waals surface area contributed by atoms with E-state index in [9.17, 15) is 9.59 Å². The number of halogens is 1. The molecule has 0 aliphatic heterocycles. The Balaban J connectivity index is 2.89. The second-order valence-electron chi connectivity index (χ2n) is 7.89. The lowest BCUT2D eigenvalue weighted by Gasteiger charge is -2.26. The fourth-order valence-corrected chi connectivity index (χ4v) is 2.39. The first-order valence-electron chi connectivity index (χ1n) is 8.26. The van der Waals surface area contributed by atoms with Crippen LogP contribution in [0.5, 0.6) is 0 Å². The maximum atomic E-state index is 12.5. The molecule has 25 heavy (non-hydrogen) atoms. The molecule has 1 aromatic carbocycles. The number of benzene rings is 1. The third kappa shape index (κ3) is 8.91. The molecule has 0 aliphatic rings. The first-order valence-corrected chi connectivity index (χ1v) is 9.38. The van der Waals surface area contributed by atoms with Crippen molar-refractivity contribution in [1.29, 1.82) is 0 Å². The number of hydrogen-bond acceptors (Lipinski definition) is 4. The zero-order chi connectivity index (χ0) is 19.3. The molecule has 1 aromatic rings. The van der Waals surface area contributed by atoms with Gasteiger partial charge >= 0.3 is 12.1 Å². The highest BCUT2D eigenvalue weighted by Crippen LogP contribution is 2.14. The number of alkyl halides is 1. The van der Waals surface area contributed by atoms with Crippen LogP contribution in [0.3, 0.4) is 0 Å². The third-order valence-electron chi connectivity index (χ3n) is 3.00. The Bertz CT molecular complexity index is 585. The number of nitrogens with one attached hydrogen (secondary N) is 1. The summed E-state index contributed by atoms with van der Waals surface area (Å²) in [7, 11) is 0. The molecule has 1 atom stereocenters. The van der Waals surface area contributed by atoms with Crippen molar-refractivity contribution < 1.29 is 19.1 Å². The summed E-state index contributed by atoms with van der Waals surface area (Å²) >= 11 is 3.40. The van der Waals surface area contributed by atoms with Gasteiger partial charge in [-0.2, -0.15) is 0 Å². The van der Waals surface area contributed by atoms with Crippen LogP contribution in [0.1, 0.15) is 52.7 Å². The minimum Gasteiger partial charge on any atom is -0.458 e. The third-order valence-corrected chi connectivity index (χ3v) is 3.65. The molecule has 0 aromatic heterocycles. The molecule has 0 unspecified atom stereocenters. The van der Waals surface area contributed by atoms with Gasteiger partial charge in [0, 0.05) is 11.8 Å². The minimum absolute atomic E-state index is 0.330.